The van der Waals surface area contributed by atoms with E-state index in [2.05, 4.69) is 4.98 Å². The van der Waals surface area contributed by atoms with E-state index in [4.69, 9.17) is 11.6 Å². The lowest BCUT2D eigenvalue weighted by atomic mass is 10.2. The number of halogens is 4. The number of hydrogen-bond acceptors (Lipinski definition) is 3. The fraction of sp³-hybridized carbons (Fsp3) is 0.0769. The molecule has 0 unspecified atom stereocenters. The first-order valence-electron chi connectivity index (χ1n) is 5.36. The third kappa shape index (κ3) is 3.52. The zero-order valence-electron chi connectivity index (χ0n) is 9.82. The minimum Gasteiger partial charge on any atom is -0.298 e. The molecule has 2 nitrogen and oxygen atoms in total. The van der Waals surface area contributed by atoms with Gasteiger partial charge in [0.15, 0.2) is 6.29 Å². The number of aromatic nitrogens is 1. The number of nitrogens with zero attached hydrogens (tertiary/aromatic N) is 1. The normalized spacial score (nSPS) is 11.4. The Kier molecular flexibility index (Phi) is 4.35. The maximum Gasteiger partial charge on any atom is 0.417 e. The van der Waals surface area contributed by atoms with Crippen LogP contribution in [0, 0.1) is 0 Å². The van der Waals surface area contributed by atoms with Gasteiger partial charge >= 0.3 is 6.18 Å². The lowest BCUT2D eigenvalue weighted by Crippen LogP contribution is -2.04. The quantitative estimate of drug-likeness (QED) is 0.767. The number of benzene rings is 1. The summed E-state index contributed by atoms with van der Waals surface area (Å²) < 4.78 is 37.2. The van der Waals surface area contributed by atoms with Gasteiger partial charge in [-0.3, -0.25) is 4.79 Å². The van der Waals surface area contributed by atoms with Crippen molar-refractivity contribution in [3.05, 3.63) is 52.7 Å². The van der Waals surface area contributed by atoms with E-state index in [0.717, 1.165) is 24.0 Å². The first-order valence-corrected chi connectivity index (χ1v) is 6.55. The van der Waals surface area contributed by atoms with E-state index in [0.29, 0.717) is 21.8 Å². The van der Waals surface area contributed by atoms with Crippen molar-refractivity contribution in [2.24, 2.45) is 0 Å². The Hall–Kier alpha value is -1.53. The van der Waals surface area contributed by atoms with Crippen LogP contribution in [0.2, 0.25) is 5.02 Å². The van der Waals surface area contributed by atoms with Crippen molar-refractivity contribution in [3.63, 3.8) is 0 Å². The molecule has 0 saturated carbocycles. The molecule has 0 aliphatic carbocycles. The second kappa shape index (κ2) is 5.85. The maximum atomic E-state index is 12.4. The van der Waals surface area contributed by atoms with E-state index < -0.39 is 11.7 Å². The van der Waals surface area contributed by atoms with Crippen LogP contribution >= 0.6 is 23.4 Å². The molecule has 0 radical (unpaired) electrons. The predicted molar refractivity (Wildman–Crippen MR) is 70.2 cm³/mol. The number of pyridine rings is 1. The largest absolute Gasteiger partial charge is 0.417 e. The summed E-state index contributed by atoms with van der Waals surface area (Å²) >= 11 is 7.03. The summed E-state index contributed by atoms with van der Waals surface area (Å²) in [7, 11) is 0. The summed E-state index contributed by atoms with van der Waals surface area (Å²) in [6, 6.07) is 7.02. The van der Waals surface area contributed by atoms with Crippen LogP contribution in [0.5, 0.6) is 0 Å². The molecule has 2 aromatic rings. The standard InChI is InChI=1S/C13H7ClF3NOS/c14-11-5-10(3-1-8(11)7-19)20-12-4-2-9(6-18-12)13(15,16)17/h1-7H. The van der Waals surface area contributed by atoms with E-state index in [9.17, 15) is 18.0 Å². The van der Waals surface area contributed by atoms with E-state index in [1.54, 1.807) is 18.2 Å². The SMILES string of the molecule is O=Cc1ccc(Sc2ccc(C(F)(F)F)cn2)cc1Cl. The summed E-state index contributed by atoms with van der Waals surface area (Å²) in [5.41, 5.74) is -0.437. The number of aldehydes is 1. The highest BCUT2D eigenvalue weighted by molar-refractivity contribution is 7.99. The number of carbonyl (C=O) groups is 1. The van der Waals surface area contributed by atoms with Crippen LogP contribution in [-0.2, 0) is 6.18 Å². The molecule has 0 N–H and O–H groups in total. The Morgan fingerprint density at radius 3 is 2.45 bits per heavy atom. The summed E-state index contributed by atoms with van der Waals surface area (Å²) in [5.74, 6) is 0. The van der Waals surface area contributed by atoms with Gasteiger partial charge in [0.1, 0.15) is 5.03 Å². The molecule has 0 bridgehead atoms. The first kappa shape index (κ1) is 14.9. The third-order valence-electron chi connectivity index (χ3n) is 2.38. The smallest absolute Gasteiger partial charge is 0.298 e. The van der Waals surface area contributed by atoms with Crippen molar-refractivity contribution in [3.8, 4) is 0 Å². The Bertz CT molecular complexity index is 629. The van der Waals surface area contributed by atoms with Crippen LogP contribution in [-0.4, -0.2) is 11.3 Å². The van der Waals surface area contributed by atoms with Crippen LogP contribution < -0.4 is 0 Å². The topological polar surface area (TPSA) is 30.0 Å². The zero-order valence-corrected chi connectivity index (χ0v) is 11.4. The molecule has 0 fully saturated rings. The zero-order chi connectivity index (χ0) is 14.8. The molecule has 0 amide bonds. The van der Waals surface area contributed by atoms with Crippen molar-refractivity contribution < 1.29 is 18.0 Å². The fourth-order valence-corrected chi connectivity index (χ4v) is 2.48. The highest BCUT2D eigenvalue weighted by atomic mass is 35.5. The van der Waals surface area contributed by atoms with Gasteiger partial charge in [0.2, 0.25) is 0 Å². The lowest BCUT2D eigenvalue weighted by Gasteiger charge is -2.07. The van der Waals surface area contributed by atoms with Gasteiger partial charge in [0.25, 0.3) is 0 Å². The fourth-order valence-electron chi connectivity index (χ4n) is 1.40. The lowest BCUT2D eigenvalue weighted by molar-refractivity contribution is -0.137. The maximum absolute atomic E-state index is 12.4. The van der Waals surface area contributed by atoms with Crippen molar-refractivity contribution in [1.29, 1.82) is 0 Å². The van der Waals surface area contributed by atoms with Crippen molar-refractivity contribution in [2.45, 2.75) is 16.1 Å². The molecule has 0 aliphatic heterocycles. The second-order valence-electron chi connectivity index (χ2n) is 3.79. The molecular formula is C13H7ClF3NOS. The van der Waals surface area contributed by atoms with E-state index in [1.165, 1.54) is 6.07 Å². The van der Waals surface area contributed by atoms with Gasteiger partial charge in [0.05, 0.1) is 10.6 Å². The molecular weight excluding hydrogens is 311 g/mol. The molecule has 2 rings (SSSR count). The van der Waals surface area contributed by atoms with Gasteiger partial charge in [-0.05, 0) is 30.3 Å². The molecule has 0 aliphatic rings. The van der Waals surface area contributed by atoms with Gasteiger partial charge in [0, 0.05) is 16.7 Å². The number of hydrogen-bond donors (Lipinski definition) is 0. The van der Waals surface area contributed by atoms with E-state index in [-0.39, 0.29) is 5.02 Å². The summed E-state index contributed by atoms with van der Waals surface area (Å²) in [6.45, 7) is 0. The van der Waals surface area contributed by atoms with Gasteiger partial charge in [-0.1, -0.05) is 23.4 Å². The molecule has 0 saturated heterocycles. The van der Waals surface area contributed by atoms with Gasteiger partial charge < -0.3 is 0 Å². The van der Waals surface area contributed by atoms with Crippen molar-refractivity contribution >= 4 is 29.6 Å². The summed E-state index contributed by atoms with van der Waals surface area (Å²) in [6.07, 6.45) is -2.98. The minimum atomic E-state index is -4.40. The van der Waals surface area contributed by atoms with E-state index in [1.807, 2.05) is 0 Å². The van der Waals surface area contributed by atoms with Crippen molar-refractivity contribution in [1.82, 2.24) is 4.98 Å². The Morgan fingerprint density at radius 2 is 1.95 bits per heavy atom. The highest BCUT2D eigenvalue weighted by Crippen LogP contribution is 2.32. The van der Waals surface area contributed by atoms with Gasteiger partial charge in [-0.25, -0.2) is 4.98 Å². The number of carbonyl (C=O) groups excluding carboxylic acids is 1. The summed E-state index contributed by atoms with van der Waals surface area (Å²) in [5, 5.41) is 0.699. The van der Waals surface area contributed by atoms with Crippen LogP contribution in [0.25, 0.3) is 0 Å². The number of alkyl halides is 3. The molecule has 0 spiro atoms. The van der Waals surface area contributed by atoms with Crippen LogP contribution in [0.3, 0.4) is 0 Å². The van der Waals surface area contributed by atoms with Crippen LogP contribution in [0.15, 0.2) is 46.5 Å². The Balaban J connectivity index is 2.18. The Morgan fingerprint density at radius 1 is 1.20 bits per heavy atom. The molecule has 1 aromatic heterocycles. The highest BCUT2D eigenvalue weighted by Gasteiger charge is 2.30. The van der Waals surface area contributed by atoms with E-state index >= 15 is 0 Å². The predicted octanol–water partition coefficient (Wildman–Crippen LogP) is 4.72. The third-order valence-corrected chi connectivity index (χ3v) is 3.65. The average Bonchev–Trinajstić information content (AvgIpc) is 2.38. The van der Waals surface area contributed by atoms with Crippen molar-refractivity contribution in [2.75, 3.05) is 0 Å². The second-order valence-corrected chi connectivity index (χ2v) is 5.29. The van der Waals surface area contributed by atoms with Crippen LogP contribution in [0.1, 0.15) is 15.9 Å². The monoisotopic (exact) mass is 317 g/mol. The van der Waals surface area contributed by atoms with Gasteiger partial charge in [-0.15, -0.1) is 0 Å². The van der Waals surface area contributed by atoms with Crippen LogP contribution in [0.4, 0.5) is 13.2 Å². The Labute approximate surface area is 122 Å². The number of rotatable bonds is 3. The summed E-state index contributed by atoms with van der Waals surface area (Å²) in [4.78, 5) is 15.0. The molecule has 7 heteroatoms. The molecule has 20 heavy (non-hydrogen) atoms. The molecule has 1 heterocycles. The molecule has 1 aromatic carbocycles. The minimum absolute atomic E-state index is 0.289. The molecule has 104 valence electrons. The molecule has 0 atom stereocenters. The van der Waals surface area contributed by atoms with Gasteiger partial charge in [-0.2, -0.15) is 13.2 Å². The first-order chi connectivity index (χ1) is 9.40. The average molecular weight is 318 g/mol.